The first-order valence-electron chi connectivity index (χ1n) is 9.11. The molecular formula is C19H22F2N4O3. The number of carbonyl (C=O) groups is 1. The maximum absolute atomic E-state index is 12.9. The fourth-order valence-electron chi connectivity index (χ4n) is 3.15. The van der Waals surface area contributed by atoms with Crippen molar-refractivity contribution in [2.24, 2.45) is 0 Å². The third-order valence-corrected chi connectivity index (χ3v) is 4.42. The summed E-state index contributed by atoms with van der Waals surface area (Å²) in [7, 11) is 0. The number of rotatable bonds is 8. The van der Waals surface area contributed by atoms with Crippen LogP contribution in [0.25, 0.3) is 0 Å². The average Bonchev–Trinajstić information content (AvgIpc) is 3.12. The van der Waals surface area contributed by atoms with Gasteiger partial charge in [-0.15, -0.1) is 0 Å². The summed E-state index contributed by atoms with van der Waals surface area (Å²) in [5.41, 5.74) is 1.17. The van der Waals surface area contributed by atoms with Crippen LogP contribution in [0.3, 0.4) is 0 Å². The van der Waals surface area contributed by atoms with Crippen molar-refractivity contribution in [3.8, 4) is 5.75 Å². The lowest BCUT2D eigenvalue weighted by Crippen LogP contribution is -2.30. The minimum Gasteiger partial charge on any atom is -0.462 e. The molecule has 0 aliphatic carbocycles. The number of halogens is 2. The molecule has 1 aliphatic heterocycles. The standard InChI is InChI=1S/C19H22F2N4O3/c1-3-4-7-10-27-17(26)15-12(2)24-19-22-11-23-25(19)16(15)13-8-5-6-9-14(13)28-18(20)21/h5-6,8-9,11,16,18H,3-4,7,10H2,1-2H3,(H,22,23,24)/t16-/m1/s1. The Bertz CT molecular complexity index is 866. The topological polar surface area (TPSA) is 78.3 Å². The van der Waals surface area contributed by atoms with Crippen LogP contribution in [0.15, 0.2) is 41.9 Å². The smallest absolute Gasteiger partial charge is 0.387 e. The van der Waals surface area contributed by atoms with Crippen molar-refractivity contribution in [1.82, 2.24) is 14.8 Å². The molecule has 0 bridgehead atoms. The van der Waals surface area contributed by atoms with Crippen LogP contribution in [0.5, 0.6) is 5.75 Å². The average molecular weight is 392 g/mol. The zero-order valence-corrected chi connectivity index (χ0v) is 15.7. The number of unbranched alkanes of at least 4 members (excludes halogenated alkanes) is 2. The first-order valence-corrected chi connectivity index (χ1v) is 9.11. The fourth-order valence-corrected chi connectivity index (χ4v) is 3.15. The molecule has 0 fully saturated rings. The van der Waals surface area contributed by atoms with Gasteiger partial charge >= 0.3 is 12.6 Å². The number of benzene rings is 1. The molecule has 0 spiro atoms. The van der Waals surface area contributed by atoms with E-state index < -0.39 is 18.6 Å². The Morgan fingerprint density at radius 1 is 1.32 bits per heavy atom. The van der Waals surface area contributed by atoms with Crippen molar-refractivity contribution in [2.45, 2.75) is 45.8 Å². The van der Waals surface area contributed by atoms with Crippen molar-refractivity contribution in [3.05, 3.63) is 47.4 Å². The fraction of sp³-hybridized carbons (Fsp3) is 0.421. The van der Waals surface area contributed by atoms with Gasteiger partial charge in [-0.3, -0.25) is 0 Å². The Hall–Kier alpha value is -2.97. The van der Waals surface area contributed by atoms with Gasteiger partial charge in [-0.1, -0.05) is 38.0 Å². The van der Waals surface area contributed by atoms with Gasteiger partial charge in [0, 0.05) is 11.3 Å². The number of fused-ring (bicyclic) bond motifs is 1. The number of hydrogen-bond donors (Lipinski definition) is 1. The number of esters is 1. The highest BCUT2D eigenvalue weighted by Crippen LogP contribution is 2.39. The van der Waals surface area contributed by atoms with E-state index in [2.05, 4.69) is 27.1 Å². The third kappa shape index (κ3) is 4.13. The van der Waals surface area contributed by atoms with E-state index in [1.54, 1.807) is 25.1 Å². The quantitative estimate of drug-likeness (QED) is 0.542. The maximum Gasteiger partial charge on any atom is 0.387 e. The van der Waals surface area contributed by atoms with Gasteiger partial charge in [-0.05, 0) is 19.4 Å². The number of alkyl halides is 2. The molecule has 2 heterocycles. The number of para-hydroxylation sites is 1. The van der Waals surface area contributed by atoms with Crippen LogP contribution < -0.4 is 10.1 Å². The number of ether oxygens (including phenoxy) is 2. The van der Waals surface area contributed by atoms with Crippen molar-refractivity contribution in [3.63, 3.8) is 0 Å². The number of nitrogens with one attached hydrogen (secondary N) is 1. The summed E-state index contributed by atoms with van der Waals surface area (Å²) in [6, 6.07) is 5.53. The summed E-state index contributed by atoms with van der Waals surface area (Å²) in [5.74, 6) is -0.161. The third-order valence-electron chi connectivity index (χ3n) is 4.42. The Morgan fingerprint density at radius 2 is 2.11 bits per heavy atom. The zero-order valence-electron chi connectivity index (χ0n) is 15.7. The summed E-state index contributed by atoms with van der Waals surface area (Å²) in [4.78, 5) is 17.0. The van der Waals surface area contributed by atoms with E-state index in [4.69, 9.17) is 4.74 Å². The number of hydrogen-bond acceptors (Lipinski definition) is 6. The lowest BCUT2D eigenvalue weighted by Gasteiger charge is -2.29. The second kappa shape index (κ2) is 8.81. The number of allylic oxidation sites excluding steroid dienone is 1. The highest BCUT2D eigenvalue weighted by molar-refractivity contribution is 5.92. The lowest BCUT2D eigenvalue weighted by molar-refractivity contribution is -0.139. The summed E-state index contributed by atoms with van der Waals surface area (Å²) < 4.78 is 37.4. The van der Waals surface area contributed by atoms with E-state index in [0.29, 0.717) is 17.2 Å². The molecule has 1 aliphatic rings. The molecule has 0 saturated carbocycles. The van der Waals surface area contributed by atoms with Gasteiger partial charge in [0.05, 0.1) is 12.2 Å². The molecule has 0 unspecified atom stereocenters. The molecule has 3 rings (SSSR count). The van der Waals surface area contributed by atoms with Crippen LogP contribution >= 0.6 is 0 Å². The van der Waals surface area contributed by atoms with Crippen molar-refractivity contribution < 1.29 is 23.0 Å². The minimum atomic E-state index is -2.99. The molecule has 1 atom stereocenters. The molecule has 0 amide bonds. The largest absolute Gasteiger partial charge is 0.462 e. The van der Waals surface area contributed by atoms with Crippen LogP contribution in [0.4, 0.5) is 14.7 Å². The van der Waals surface area contributed by atoms with Gasteiger partial charge in [0.1, 0.15) is 18.1 Å². The summed E-state index contributed by atoms with van der Waals surface area (Å²) in [5, 5.41) is 7.18. The predicted molar refractivity (Wildman–Crippen MR) is 98.0 cm³/mol. The maximum atomic E-state index is 12.9. The molecule has 1 aromatic carbocycles. The molecule has 150 valence electrons. The molecule has 7 nitrogen and oxygen atoms in total. The van der Waals surface area contributed by atoms with E-state index in [1.165, 1.54) is 17.1 Å². The Labute approximate surface area is 161 Å². The molecule has 0 saturated heterocycles. The second-order valence-corrected chi connectivity index (χ2v) is 6.35. The van der Waals surface area contributed by atoms with E-state index >= 15 is 0 Å². The number of carbonyl (C=O) groups excluding carboxylic acids is 1. The van der Waals surface area contributed by atoms with Crippen LogP contribution in [0.1, 0.15) is 44.7 Å². The van der Waals surface area contributed by atoms with Crippen LogP contribution in [-0.4, -0.2) is 34.0 Å². The van der Waals surface area contributed by atoms with Gasteiger partial charge in [0.15, 0.2) is 0 Å². The monoisotopic (exact) mass is 392 g/mol. The van der Waals surface area contributed by atoms with Crippen LogP contribution in [-0.2, 0) is 9.53 Å². The van der Waals surface area contributed by atoms with Crippen molar-refractivity contribution in [2.75, 3.05) is 11.9 Å². The second-order valence-electron chi connectivity index (χ2n) is 6.35. The number of aromatic nitrogens is 3. The van der Waals surface area contributed by atoms with Gasteiger partial charge in [0.25, 0.3) is 0 Å². The van der Waals surface area contributed by atoms with E-state index in [1.807, 2.05) is 0 Å². The highest BCUT2D eigenvalue weighted by Gasteiger charge is 2.36. The molecule has 9 heteroatoms. The normalized spacial score (nSPS) is 16.0. The first-order chi connectivity index (χ1) is 13.5. The molecular weight excluding hydrogens is 370 g/mol. The molecule has 0 radical (unpaired) electrons. The SMILES string of the molecule is CCCCCOC(=O)C1=C(C)Nc2ncnn2[C@@H]1c1ccccc1OC(F)F. The Kier molecular flexibility index (Phi) is 6.23. The van der Waals surface area contributed by atoms with E-state index in [0.717, 1.165) is 19.3 Å². The molecule has 1 N–H and O–H groups in total. The number of nitrogens with zero attached hydrogens (tertiary/aromatic N) is 3. The number of anilines is 1. The summed E-state index contributed by atoms with van der Waals surface area (Å²) in [6.07, 6.45) is 4.04. The van der Waals surface area contributed by atoms with Crippen LogP contribution in [0.2, 0.25) is 0 Å². The molecule has 2 aromatic rings. The van der Waals surface area contributed by atoms with E-state index in [9.17, 15) is 13.6 Å². The van der Waals surface area contributed by atoms with Gasteiger partial charge in [-0.2, -0.15) is 18.9 Å². The summed E-state index contributed by atoms with van der Waals surface area (Å²) >= 11 is 0. The Morgan fingerprint density at radius 3 is 2.86 bits per heavy atom. The first kappa shape index (κ1) is 19.8. The van der Waals surface area contributed by atoms with Gasteiger partial charge in [-0.25, -0.2) is 9.48 Å². The lowest BCUT2D eigenvalue weighted by atomic mass is 9.95. The van der Waals surface area contributed by atoms with Crippen molar-refractivity contribution >= 4 is 11.9 Å². The van der Waals surface area contributed by atoms with Crippen molar-refractivity contribution in [1.29, 1.82) is 0 Å². The molecule has 28 heavy (non-hydrogen) atoms. The Balaban J connectivity index is 2.00. The zero-order chi connectivity index (χ0) is 20.1. The summed E-state index contributed by atoms with van der Waals surface area (Å²) in [6.45, 7) is 1.06. The van der Waals surface area contributed by atoms with Gasteiger partial charge < -0.3 is 14.8 Å². The highest BCUT2D eigenvalue weighted by atomic mass is 19.3. The predicted octanol–water partition coefficient (Wildman–Crippen LogP) is 3.90. The van der Waals surface area contributed by atoms with Gasteiger partial charge in [0.2, 0.25) is 5.95 Å². The minimum absolute atomic E-state index is 0.0325. The molecule has 1 aromatic heterocycles. The van der Waals surface area contributed by atoms with E-state index in [-0.39, 0.29) is 17.9 Å². The van der Waals surface area contributed by atoms with Crippen LogP contribution in [0, 0.1) is 0 Å².